The Morgan fingerprint density at radius 3 is 2.74 bits per heavy atom. The van der Waals surface area contributed by atoms with Crippen LogP contribution in [0.4, 0.5) is 0 Å². The molecule has 0 bridgehead atoms. The van der Waals surface area contributed by atoms with E-state index in [0.29, 0.717) is 13.2 Å². The quantitative estimate of drug-likeness (QED) is 0.899. The Morgan fingerprint density at radius 1 is 1.30 bits per heavy atom. The summed E-state index contributed by atoms with van der Waals surface area (Å²) < 4.78 is 6.88. The van der Waals surface area contributed by atoms with Gasteiger partial charge >= 0.3 is 5.97 Å². The molecule has 1 saturated heterocycles. The lowest BCUT2D eigenvalue weighted by Gasteiger charge is -2.32. The van der Waals surface area contributed by atoms with Gasteiger partial charge in [0.1, 0.15) is 0 Å². The molecule has 3 rings (SSSR count). The van der Waals surface area contributed by atoms with Crippen LogP contribution < -0.4 is 0 Å². The zero-order chi connectivity index (χ0) is 16.2. The molecular formula is C16H17N3O4. The van der Waals surface area contributed by atoms with Crippen LogP contribution in [-0.4, -0.2) is 57.5 Å². The van der Waals surface area contributed by atoms with Crippen LogP contribution in [0.2, 0.25) is 0 Å². The fourth-order valence-corrected chi connectivity index (χ4v) is 2.57. The minimum absolute atomic E-state index is 0.0410. The van der Waals surface area contributed by atoms with Crippen molar-refractivity contribution in [1.29, 1.82) is 0 Å². The van der Waals surface area contributed by atoms with Crippen LogP contribution in [0.3, 0.4) is 0 Å². The van der Waals surface area contributed by atoms with Crippen LogP contribution in [0.25, 0.3) is 5.69 Å². The van der Waals surface area contributed by atoms with E-state index in [4.69, 9.17) is 4.74 Å². The van der Waals surface area contributed by atoms with Gasteiger partial charge in [-0.05, 0) is 23.8 Å². The third-order valence-corrected chi connectivity index (χ3v) is 3.79. The molecule has 0 unspecified atom stereocenters. The van der Waals surface area contributed by atoms with Gasteiger partial charge in [-0.25, -0.2) is 9.48 Å². The normalized spacial score (nSPS) is 17.9. The first-order valence-electron chi connectivity index (χ1n) is 7.34. The van der Waals surface area contributed by atoms with Crippen molar-refractivity contribution >= 4 is 11.9 Å². The first-order chi connectivity index (χ1) is 11.1. The van der Waals surface area contributed by atoms with E-state index in [1.54, 1.807) is 10.9 Å². The van der Waals surface area contributed by atoms with Crippen LogP contribution in [0, 0.1) is 0 Å². The summed E-state index contributed by atoms with van der Waals surface area (Å²) in [7, 11) is 0. The van der Waals surface area contributed by atoms with E-state index in [-0.39, 0.29) is 18.9 Å². The number of aromatic nitrogens is 2. The molecule has 23 heavy (non-hydrogen) atoms. The van der Waals surface area contributed by atoms with Crippen molar-refractivity contribution in [2.45, 2.75) is 12.5 Å². The van der Waals surface area contributed by atoms with E-state index in [2.05, 4.69) is 5.10 Å². The first kappa shape index (κ1) is 15.2. The predicted molar refractivity (Wildman–Crippen MR) is 81.2 cm³/mol. The number of amides is 1. The minimum Gasteiger partial charge on any atom is -0.480 e. The molecule has 120 valence electrons. The lowest BCUT2D eigenvalue weighted by atomic mass is 10.1. The topological polar surface area (TPSA) is 84.7 Å². The minimum atomic E-state index is -1.04. The molecule has 1 aliphatic heterocycles. The zero-order valence-electron chi connectivity index (χ0n) is 12.5. The molecule has 7 nitrogen and oxygen atoms in total. The van der Waals surface area contributed by atoms with E-state index >= 15 is 0 Å². The van der Waals surface area contributed by atoms with Crippen LogP contribution in [0.15, 0.2) is 42.7 Å². The molecule has 0 aliphatic carbocycles. The molecule has 0 spiro atoms. The van der Waals surface area contributed by atoms with Gasteiger partial charge in [0, 0.05) is 18.9 Å². The number of rotatable bonds is 4. The van der Waals surface area contributed by atoms with Gasteiger partial charge < -0.3 is 14.7 Å². The Balaban J connectivity index is 1.68. The Bertz CT molecular complexity index is 682. The maximum atomic E-state index is 12.4. The van der Waals surface area contributed by atoms with Crippen molar-refractivity contribution in [1.82, 2.24) is 14.7 Å². The van der Waals surface area contributed by atoms with Crippen molar-refractivity contribution in [2.75, 3.05) is 19.8 Å². The summed E-state index contributed by atoms with van der Waals surface area (Å²) in [4.78, 5) is 25.0. The molecule has 2 heterocycles. The molecule has 2 aromatic rings. The number of carbonyl (C=O) groups is 2. The second-order valence-electron chi connectivity index (χ2n) is 5.31. The molecule has 1 amide bonds. The van der Waals surface area contributed by atoms with Gasteiger partial charge in [-0.1, -0.05) is 12.1 Å². The average molecular weight is 315 g/mol. The maximum absolute atomic E-state index is 12.4. The van der Waals surface area contributed by atoms with Gasteiger partial charge in [-0.3, -0.25) is 4.79 Å². The number of hydrogen-bond acceptors (Lipinski definition) is 4. The largest absolute Gasteiger partial charge is 0.480 e. The number of carboxylic acid groups (broad SMARTS) is 1. The number of carboxylic acids is 1. The molecule has 1 aliphatic rings. The molecule has 0 saturated carbocycles. The highest BCUT2D eigenvalue weighted by Gasteiger charge is 2.32. The number of benzene rings is 1. The third kappa shape index (κ3) is 3.40. The zero-order valence-corrected chi connectivity index (χ0v) is 12.5. The van der Waals surface area contributed by atoms with E-state index in [1.807, 2.05) is 36.5 Å². The molecular weight excluding hydrogens is 298 g/mol. The van der Waals surface area contributed by atoms with Crippen molar-refractivity contribution in [2.24, 2.45) is 0 Å². The van der Waals surface area contributed by atoms with E-state index in [9.17, 15) is 14.7 Å². The van der Waals surface area contributed by atoms with E-state index in [0.717, 1.165) is 11.3 Å². The van der Waals surface area contributed by atoms with Crippen molar-refractivity contribution in [3.8, 4) is 5.69 Å². The van der Waals surface area contributed by atoms with Crippen molar-refractivity contribution in [3.63, 3.8) is 0 Å². The van der Waals surface area contributed by atoms with Gasteiger partial charge in [0.25, 0.3) is 0 Å². The van der Waals surface area contributed by atoms with Gasteiger partial charge in [0.2, 0.25) is 5.91 Å². The van der Waals surface area contributed by atoms with Crippen molar-refractivity contribution in [3.05, 3.63) is 48.3 Å². The predicted octanol–water partition coefficient (Wildman–Crippen LogP) is 0.727. The average Bonchev–Trinajstić information content (AvgIpc) is 3.10. The van der Waals surface area contributed by atoms with Crippen molar-refractivity contribution < 1.29 is 19.4 Å². The van der Waals surface area contributed by atoms with Gasteiger partial charge in [0.05, 0.1) is 25.3 Å². The second-order valence-corrected chi connectivity index (χ2v) is 5.31. The summed E-state index contributed by atoms with van der Waals surface area (Å²) in [6.07, 6.45) is 3.70. The molecule has 7 heteroatoms. The number of nitrogens with zero attached hydrogens (tertiary/aromatic N) is 3. The maximum Gasteiger partial charge on any atom is 0.328 e. The second kappa shape index (κ2) is 6.62. The highest BCUT2D eigenvalue weighted by atomic mass is 16.5. The van der Waals surface area contributed by atoms with Crippen LogP contribution >= 0.6 is 0 Å². The number of aliphatic carboxylic acids is 1. The summed E-state index contributed by atoms with van der Waals surface area (Å²) in [5.74, 6) is -1.24. The fourth-order valence-electron chi connectivity index (χ4n) is 2.57. The monoisotopic (exact) mass is 315 g/mol. The summed E-state index contributed by atoms with van der Waals surface area (Å²) in [6.45, 7) is 0.717. The van der Waals surface area contributed by atoms with E-state index in [1.165, 1.54) is 4.90 Å². The number of morpholine rings is 1. The SMILES string of the molecule is O=C(O)[C@@H]1COCCN1C(=O)Cc1ccc(-n2cccn2)cc1. The number of hydrogen-bond donors (Lipinski definition) is 1. The lowest BCUT2D eigenvalue weighted by Crippen LogP contribution is -2.53. The highest BCUT2D eigenvalue weighted by Crippen LogP contribution is 2.13. The van der Waals surface area contributed by atoms with Gasteiger partial charge in [0.15, 0.2) is 6.04 Å². The summed E-state index contributed by atoms with van der Waals surface area (Å²) in [6, 6.07) is 8.39. The van der Waals surface area contributed by atoms with Crippen LogP contribution in [0.1, 0.15) is 5.56 Å². The summed E-state index contributed by atoms with van der Waals surface area (Å²) in [5.41, 5.74) is 1.74. The van der Waals surface area contributed by atoms with Crippen LogP contribution in [0.5, 0.6) is 0 Å². The first-order valence-corrected chi connectivity index (χ1v) is 7.34. The fraction of sp³-hybridized carbons (Fsp3) is 0.312. The molecule has 0 radical (unpaired) electrons. The molecule has 1 fully saturated rings. The highest BCUT2D eigenvalue weighted by molar-refractivity contribution is 5.85. The lowest BCUT2D eigenvalue weighted by molar-refractivity contribution is -0.158. The molecule has 1 atom stereocenters. The Labute approximate surface area is 133 Å². The van der Waals surface area contributed by atoms with Crippen LogP contribution in [-0.2, 0) is 20.7 Å². The molecule has 1 aromatic carbocycles. The third-order valence-electron chi connectivity index (χ3n) is 3.79. The summed E-state index contributed by atoms with van der Waals surface area (Å²) >= 11 is 0. The standard InChI is InChI=1S/C16H17N3O4/c20-15(18-8-9-23-11-14(18)16(21)22)10-12-2-4-13(5-3-12)19-7-1-6-17-19/h1-7,14H,8-11H2,(H,21,22)/t14-/m0/s1. The van der Waals surface area contributed by atoms with Gasteiger partial charge in [-0.2, -0.15) is 5.10 Å². The van der Waals surface area contributed by atoms with E-state index < -0.39 is 12.0 Å². The van der Waals surface area contributed by atoms with Gasteiger partial charge in [-0.15, -0.1) is 0 Å². The summed E-state index contributed by atoms with van der Waals surface area (Å²) in [5, 5.41) is 13.3. The number of carbonyl (C=O) groups excluding carboxylic acids is 1. The molecule has 1 N–H and O–H groups in total. The Hall–Kier alpha value is -2.67. The Kier molecular flexibility index (Phi) is 4.38. The number of ether oxygens (including phenoxy) is 1. The molecule has 1 aromatic heterocycles. The smallest absolute Gasteiger partial charge is 0.328 e. The Morgan fingerprint density at radius 2 is 2.09 bits per heavy atom.